The minimum atomic E-state index is -0.461. The fourth-order valence-electron chi connectivity index (χ4n) is 3.10. The maximum absolute atomic E-state index is 12.6. The molecule has 3 heteroatoms. The average molecular weight is 341 g/mol. The highest BCUT2D eigenvalue weighted by atomic mass is 16.6. The van der Waals surface area contributed by atoms with Crippen LogP contribution in [0, 0.1) is 0 Å². The number of carbonyl (C=O) groups is 1. The van der Waals surface area contributed by atoms with Crippen LogP contribution in [0.3, 0.4) is 0 Å². The van der Waals surface area contributed by atoms with E-state index < -0.39 is 5.60 Å². The van der Waals surface area contributed by atoms with Gasteiger partial charge in [-0.25, -0.2) is 4.79 Å². The third kappa shape index (κ3) is 6.10. The largest absolute Gasteiger partial charge is 0.444 e. The van der Waals surface area contributed by atoms with Gasteiger partial charge in [-0.3, -0.25) is 0 Å². The van der Waals surface area contributed by atoms with Crippen molar-refractivity contribution in [3.63, 3.8) is 0 Å². The monoisotopic (exact) mass is 341 g/mol. The van der Waals surface area contributed by atoms with E-state index in [1.807, 2.05) is 49.9 Å². The summed E-state index contributed by atoms with van der Waals surface area (Å²) in [6.45, 7) is 8.71. The molecule has 1 saturated heterocycles. The summed E-state index contributed by atoms with van der Waals surface area (Å²) < 4.78 is 5.60. The van der Waals surface area contributed by atoms with Gasteiger partial charge in [-0.1, -0.05) is 43.7 Å². The van der Waals surface area contributed by atoms with Crippen molar-refractivity contribution in [2.45, 2.75) is 71.4 Å². The maximum atomic E-state index is 12.6. The lowest BCUT2D eigenvalue weighted by molar-refractivity contribution is 0.0247. The minimum absolute atomic E-state index is 0.112. The zero-order valence-corrected chi connectivity index (χ0v) is 16.0. The van der Waals surface area contributed by atoms with Gasteiger partial charge in [-0.15, -0.1) is 5.73 Å². The number of rotatable bonds is 5. The summed E-state index contributed by atoms with van der Waals surface area (Å²) >= 11 is 0. The summed E-state index contributed by atoms with van der Waals surface area (Å²) in [4.78, 5) is 14.5. The van der Waals surface area contributed by atoms with Crippen LogP contribution >= 0.6 is 0 Å². The van der Waals surface area contributed by atoms with Crippen LogP contribution in [0.25, 0.3) is 6.08 Å². The molecule has 1 aromatic rings. The van der Waals surface area contributed by atoms with Crippen LogP contribution in [0.15, 0.2) is 41.6 Å². The molecule has 0 spiro atoms. The molecule has 2 rings (SSSR count). The second kappa shape index (κ2) is 8.92. The number of hydrogen-bond acceptors (Lipinski definition) is 2. The van der Waals surface area contributed by atoms with Crippen molar-refractivity contribution in [3.05, 3.63) is 47.2 Å². The first-order valence-corrected chi connectivity index (χ1v) is 9.41. The molecule has 1 heterocycles. The van der Waals surface area contributed by atoms with Crippen molar-refractivity contribution >= 4 is 12.2 Å². The van der Waals surface area contributed by atoms with Crippen LogP contribution in [0.4, 0.5) is 4.79 Å². The molecular formula is C22H31NO2. The van der Waals surface area contributed by atoms with E-state index in [4.69, 9.17) is 4.74 Å². The molecular weight excluding hydrogens is 310 g/mol. The number of amides is 1. The predicted octanol–water partition coefficient (Wildman–Crippen LogP) is 5.81. The number of ether oxygens (including phenoxy) is 1. The Morgan fingerprint density at radius 3 is 2.68 bits per heavy atom. The van der Waals surface area contributed by atoms with Crippen LogP contribution in [-0.2, 0) is 4.74 Å². The number of benzene rings is 1. The van der Waals surface area contributed by atoms with Gasteiger partial charge < -0.3 is 9.64 Å². The Morgan fingerprint density at radius 2 is 2.04 bits per heavy atom. The fraction of sp³-hybridized carbons (Fsp3) is 0.545. The Morgan fingerprint density at radius 1 is 1.32 bits per heavy atom. The van der Waals surface area contributed by atoms with Gasteiger partial charge >= 0.3 is 6.09 Å². The number of likely N-dealkylation sites (tertiary alicyclic amines) is 1. The molecule has 0 N–H and O–H groups in total. The Labute approximate surface area is 152 Å². The van der Waals surface area contributed by atoms with Gasteiger partial charge in [0.1, 0.15) is 5.60 Å². The van der Waals surface area contributed by atoms with Crippen molar-refractivity contribution in [1.82, 2.24) is 4.90 Å². The van der Waals surface area contributed by atoms with E-state index in [-0.39, 0.29) is 12.1 Å². The Bertz CT molecular complexity index is 621. The van der Waals surface area contributed by atoms with Crippen LogP contribution in [0.1, 0.15) is 65.4 Å². The molecule has 3 nitrogen and oxygen atoms in total. The highest BCUT2D eigenvalue weighted by Crippen LogP contribution is 2.28. The first-order chi connectivity index (χ1) is 11.9. The van der Waals surface area contributed by atoms with E-state index in [9.17, 15) is 4.79 Å². The van der Waals surface area contributed by atoms with Crippen molar-refractivity contribution in [2.75, 3.05) is 6.54 Å². The summed E-state index contributed by atoms with van der Waals surface area (Å²) in [6, 6.07) is 10.3. The third-order valence-electron chi connectivity index (χ3n) is 4.31. The van der Waals surface area contributed by atoms with Crippen LogP contribution in [0.5, 0.6) is 0 Å². The van der Waals surface area contributed by atoms with E-state index in [2.05, 4.69) is 24.8 Å². The molecule has 1 aliphatic heterocycles. The summed E-state index contributed by atoms with van der Waals surface area (Å²) in [7, 11) is 0. The number of nitrogens with zero attached hydrogens (tertiary/aromatic N) is 1. The normalized spacial score (nSPS) is 17.1. The molecule has 0 bridgehead atoms. The van der Waals surface area contributed by atoms with Gasteiger partial charge in [-0.2, -0.15) is 0 Å². The van der Waals surface area contributed by atoms with Gasteiger partial charge in [-0.05, 0) is 63.7 Å². The zero-order valence-electron chi connectivity index (χ0n) is 16.0. The van der Waals surface area contributed by atoms with Crippen molar-refractivity contribution in [3.8, 4) is 0 Å². The van der Waals surface area contributed by atoms with Gasteiger partial charge in [0.2, 0.25) is 0 Å². The quantitative estimate of drug-likeness (QED) is 0.632. The molecule has 1 aliphatic rings. The van der Waals surface area contributed by atoms with Crippen molar-refractivity contribution in [2.24, 2.45) is 0 Å². The van der Waals surface area contributed by atoms with Gasteiger partial charge in [0.15, 0.2) is 0 Å². The van der Waals surface area contributed by atoms with Crippen molar-refractivity contribution < 1.29 is 9.53 Å². The highest BCUT2D eigenvalue weighted by Gasteiger charge is 2.34. The Kier molecular flexibility index (Phi) is 6.90. The summed E-state index contributed by atoms with van der Waals surface area (Å²) in [6.07, 6.45) is 7.07. The number of hydrogen-bond donors (Lipinski definition) is 0. The summed E-state index contributed by atoms with van der Waals surface area (Å²) in [5.41, 5.74) is 5.40. The Hall–Kier alpha value is -1.99. The molecule has 1 aromatic carbocycles. The van der Waals surface area contributed by atoms with E-state index >= 15 is 0 Å². The Balaban J connectivity index is 2.23. The van der Waals surface area contributed by atoms with E-state index in [0.717, 1.165) is 44.2 Å². The summed E-state index contributed by atoms with van der Waals surface area (Å²) in [5.74, 6) is 0. The predicted molar refractivity (Wildman–Crippen MR) is 103 cm³/mol. The maximum Gasteiger partial charge on any atom is 0.410 e. The third-order valence-corrected chi connectivity index (χ3v) is 4.31. The molecule has 0 saturated carbocycles. The van der Waals surface area contributed by atoms with Gasteiger partial charge in [0.25, 0.3) is 0 Å². The number of unbranched alkanes of at least 4 members (excludes halogenated alkanes) is 1. The molecule has 0 aromatic heterocycles. The standard InChI is InChI=1S/C22H31NO2/c1-5-6-13-19(16-15-18-11-8-7-9-12-18)20-14-10-17-23(20)21(24)25-22(2,3)4/h7-9,11-12,15,20H,5-6,10,13-14,17H2,1-4H3. The molecule has 25 heavy (non-hydrogen) atoms. The summed E-state index contributed by atoms with van der Waals surface area (Å²) in [5, 5.41) is 0. The first-order valence-electron chi connectivity index (χ1n) is 9.41. The van der Waals surface area contributed by atoms with Crippen LogP contribution in [-0.4, -0.2) is 29.2 Å². The molecule has 1 amide bonds. The van der Waals surface area contributed by atoms with Gasteiger partial charge in [0.05, 0.1) is 6.04 Å². The van der Waals surface area contributed by atoms with E-state index in [0.29, 0.717) is 0 Å². The zero-order chi connectivity index (χ0) is 18.3. The lowest BCUT2D eigenvalue weighted by Crippen LogP contribution is -2.40. The smallest absolute Gasteiger partial charge is 0.410 e. The first kappa shape index (κ1) is 19.3. The molecule has 0 aliphatic carbocycles. The van der Waals surface area contributed by atoms with Crippen LogP contribution in [0.2, 0.25) is 0 Å². The average Bonchev–Trinajstić information content (AvgIpc) is 3.04. The second-order valence-corrected chi connectivity index (χ2v) is 7.66. The highest BCUT2D eigenvalue weighted by molar-refractivity contribution is 5.69. The topological polar surface area (TPSA) is 29.5 Å². The van der Waals surface area contributed by atoms with Crippen LogP contribution < -0.4 is 0 Å². The molecule has 1 fully saturated rings. The second-order valence-electron chi connectivity index (χ2n) is 7.66. The molecule has 1 atom stereocenters. The lowest BCUT2D eigenvalue weighted by atomic mass is 9.99. The fourth-order valence-corrected chi connectivity index (χ4v) is 3.10. The van der Waals surface area contributed by atoms with E-state index in [1.54, 1.807) is 0 Å². The lowest BCUT2D eigenvalue weighted by Gasteiger charge is -2.29. The van der Waals surface area contributed by atoms with Crippen molar-refractivity contribution in [1.29, 1.82) is 0 Å². The SMILES string of the molecule is CCCCC(=C=Cc1ccccc1)C1CCCN1C(=O)OC(C)(C)C. The molecule has 1 unspecified atom stereocenters. The van der Waals surface area contributed by atoms with Gasteiger partial charge in [0, 0.05) is 6.54 Å². The molecule has 0 radical (unpaired) electrons. The molecule has 136 valence electrons. The number of carbonyl (C=O) groups excluding carboxylic acids is 1. The van der Waals surface area contributed by atoms with E-state index in [1.165, 1.54) is 5.57 Å². The minimum Gasteiger partial charge on any atom is -0.444 e.